The summed E-state index contributed by atoms with van der Waals surface area (Å²) >= 11 is 0. The standard InChI is InChI=1S/C10H19NO.C2H4/c1-12-7-9-6-8-4-2-3-5-10(8)11-9;1-2/h8-11H,2-7H2,1H3;1-2H2/t8?,9?,10-;/m0./s1. The van der Waals surface area contributed by atoms with Crippen LogP contribution >= 0.6 is 0 Å². The van der Waals surface area contributed by atoms with Gasteiger partial charge in [0.05, 0.1) is 6.61 Å². The third kappa shape index (κ3) is 2.82. The van der Waals surface area contributed by atoms with Gasteiger partial charge >= 0.3 is 0 Å². The zero-order valence-corrected chi connectivity index (χ0v) is 9.30. The van der Waals surface area contributed by atoms with Crippen molar-refractivity contribution in [2.24, 2.45) is 5.92 Å². The lowest BCUT2D eigenvalue weighted by Crippen LogP contribution is -2.34. The minimum Gasteiger partial charge on any atom is -0.383 e. The van der Waals surface area contributed by atoms with E-state index in [2.05, 4.69) is 18.5 Å². The zero-order chi connectivity index (χ0) is 10.4. The van der Waals surface area contributed by atoms with Gasteiger partial charge in [0.25, 0.3) is 0 Å². The molecule has 1 N–H and O–H groups in total. The summed E-state index contributed by atoms with van der Waals surface area (Å²) < 4.78 is 5.17. The second-order valence-corrected chi connectivity index (χ2v) is 4.21. The molecular formula is C12H23NO. The van der Waals surface area contributed by atoms with Crippen molar-refractivity contribution < 1.29 is 4.74 Å². The van der Waals surface area contributed by atoms with Gasteiger partial charge in [0.2, 0.25) is 0 Å². The van der Waals surface area contributed by atoms with Crippen LogP contribution in [-0.4, -0.2) is 25.8 Å². The summed E-state index contributed by atoms with van der Waals surface area (Å²) in [6, 6.07) is 1.46. The van der Waals surface area contributed by atoms with E-state index in [-0.39, 0.29) is 0 Å². The van der Waals surface area contributed by atoms with Gasteiger partial charge in [-0.05, 0) is 25.2 Å². The van der Waals surface area contributed by atoms with E-state index < -0.39 is 0 Å². The minimum atomic E-state index is 0.642. The molecule has 1 saturated heterocycles. The molecule has 2 aliphatic rings. The fourth-order valence-corrected chi connectivity index (χ4v) is 2.76. The van der Waals surface area contributed by atoms with E-state index in [9.17, 15) is 0 Å². The van der Waals surface area contributed by atoms with E-state index in [0.29, 0.717) is 6.04 Å². The first-order valence-electron chi connectivity index (χ1n) is 5.65. The maximum absolute atomic E-state index is 5.17. The molecule has 2 unspecified atom stereocenters. The molecule has 0 aromatic heterocycles. The van der Waals surface area contributed by atoms with Crippen molar-refractivity contribution in [2.45, 2.75) is 44.2 Å². The van der Waals surface area contributed by atoms with Crippen LogP contribution in [0, 0.1) is 5.92 Å². The van der Waals surface area contributed by atoms with Crippen LogP contribution in [0.1, 0.15) is 32.1 Å². The van der Waals surface area contributed by atoms with Crippen LogP contribution in [0.25, 0.3) is 0 Å². The molecule has 2 fully saturated rings. The van der Waals surface area contributed by atoms with Gasteiger partial charge in [-0.1, -0.05) is 12.8 Å². The van der Waals surface area contributed by atoms with E-state index in [4.69, 9.17) is 4.74 Å². The number of methoxy groups -OCH3 is 1. The number of fused-ring (bicyclic) bond motifs is 1. The summed E-state index contributed by atoms with van der Waals surface area (Å²) in [6.07, 6.45) is 7.05. The normalized spacial score (nSPS) is 35.6. The minimum absolute atomic E-state index is 0.642. The first kappa shape index (κ1) is 11.7. The lowest BCUT2D eigenvalue weighted by atomic mass is 9.85. The van der Waals surface area contributed by atoms with Gasteiger partial charge in [0.15, 0.2) is 0 Å². The Bertz CT molecular complexity index is 146. The Balaban J connectivity index is 0.000000461. The van der Waals surface area contributed by atoms with E-state index in [0.717, 1.165) is 18.6 Å². The van der Waals surface area contributed by atoms with Crippen LogP contribution in [0.4, 0.5) is 0 Å². The fraction of sp³-hybridized carbons (Fsp3) is 0.833. The third-order valence-corrected chi connectivity index (χ3v) is 3.31. The molecule has 1 heterocycles. The van der Waals surface area contributed by atoms with E-state index in [1.54, 1.807) is 7.11 Å². The van der Waals surface area contributed by atoms with E-state index >= 15 is 0 Å². The Morgan fingerprint density at radius 1 is 1.29 bits per heavy atom. The van der Waals surface area contributed by atoms with E-state index in [1.807, 2.05) is 0 Å². The topological polar surface area (TPSA) is 21.3 Å². The average molecular weight is 197 g/mol. The van der Waals surface area contributed by atoms with Gasteiger partial charge in [-0.3, -0.25) is 0 Å². The van der Waals surface area contributed by atoms with E-state index in [1.165, 1.54) is 32.1 Å². The van der Waals surface area contributed by atoms with Crippen LogP contribution in [0.15, 0.2) is 13.2 Å². The molecule has 82 valence electrons. The number of ether oxygens (including phenoxy) is 1. The zero-order valence-electron chi connectivity index (χ0n) is 9.30. The highest BCUT2D eigenvalue weighted by Crippen LogP contribution is 2.32. The fourth-order valence-electron chi connectivity index (χ4n) is 2.76. The van der Waals surface area contributed by atoms with Crippen molar-refractivity contribution in [1.82, 2.24) is 5.32 Å². The molecule has 2 heteroatoms. The van der Waals surface area contributed by atoms with Gasteiger partial charge in [-0.2, -0.15) is 0 Å². The molecule has 1 aliphatic heterocycles. The molecule has 1 saturated carbocycles. The van der Waals surface area contributed by atoms with Crippen molar-refractivity contribution >= 4 is 0 Å². The number of hydrogen-bond acceptors (Lipinski definition) is 2. The van der Waals surface area contributed by atoms with Gasteiger partial charge in [0.1, 0.15) is 0 Å². The van der Waals surface area contributed by atoms with Crippen molar-refractivity contribution in [3.8, 4) is 0 Å². The molecule has 0 spiro atoms. The molecule has 0 radical (unpaired) electrons. The Kier molecular flexibility index (Phi) is 5.20. The van der Waals surface area contributed by atoms with Crippen LogP contribution in [0.2, 0.25) is 0 Å². The lowest BCUT2D eigenvalue weighted by Gasteiger charge is -2.24. The Morgan fingerprint density at radius 3 is 2.64 bits per heavy atom. The smallest absolute Gasteiger partial charge is 0.0616 e. The van der Waals surface area contributed by atoms with Gasteiger partial charge in [-0.25, -0.2) is 0 Å². The number of hydrogen-bond donors (Lipinski definition) is 1. The molecule has 0 amide bonds. The first-order valence-corrected chi connectivity index (χ1v) is 5.65. The number of rotatable bonds is 2. The maximum Gasteiger partial charge on any atom is 0.0616 e. The van der Waals surface area contributed by atoms with Crippen molar-refractivity contribution in [3.63, 3.8) is 0 Å². The van der Waals surface area contributed by atoms with Gasteiger partial charge in [-0.15, -0.1) is 13.2 Å². The quantitative estimate of drug-likeness (QED) is 0.686. The Labute approximate surface area is 87.7 Å². The summed E-state index contributed by atoms with van der Waals surface area (Å²) in [7, 11) is 1.80. The predicted molar refractivity (Wildman–Crippen MR) is 60.4 cm³/mol. The molecule has 14 heavy (non-hydrogen) atoms. The molecule has 3 atom stereocenters. The van der Waals surface area contributed by atoms with Crippen molar-refractivity contribution in [2.75, 3.05) is 13.7 Å². The first-order chi connectivity index (χ1) is 6.90. The lowest BCUT2D eigenvalue weighted by molar-refractivity contribution is 0.171. The Morgan fingerprint density at radius 2 is 2.00 bits per heavy atom. The molecule has 2 nitrogen and oxygen atoms in total. The predicted octanol–water partition coefficient (Wildman–Crippen LogP) is 2.36. The van der Waals surface area contributed by atoms with Gasteiger partial charge < -0.3 is 10.1 Å². The summed E-state index contributed by atoms with van der Waals surface area (Å²) in [6.45, 7) is 6.90. The van der Waals surface area contributed by atoms with Crippen LogP contribution in [0.5, 0.6) is 0 Å². The average Bonchev–Trinajstić information content (AvgIpc) is 2.63. The Hall–Kier alpha value is -0.340. The second-order valence-electron chi connectivity index (χ2n) is 4.21. The van der Waals surface area contributed by atoms with Crippen LogP contribution in [0.3, 0.4) is 0 Å². The summed E-state index contributed by atoms with van der Waals surface area (Å²) in [5, 5.41) is 3.67. The molecule has 2 rings (SSSR count). The third-order valence-electron chi connectivity index (χ3n) is 3.31. The highest BCUT2D eigenvalue weighted by atomic mass is 16.5. The molecule has 1 aliphatic carbocycles. The van der Waals surface area contributed by atoms with Crippen molar-refractivity contribution in [3.05, 3.63) is 13.2 Å². The second kappa shape index (κ2) is 6.20. The van der Waals surface area contributed by atoms with Crippen LogP contribution < -0.4 is 5.32 Å². The van der Waals surface area contributed by atoms with Gasteiger partial charge in [0, 0.05) is 19.2 Å². The monoisotopic (exact) mass is 197 g/mol. The highest BCUT2D eigenvalue weighted by Gasteiger charge is 2.34. The molecule has 0 bridgehead atoms. The molecule has 0 aromatic rings. The summed E-state index contributed by atoms with van der Waals surface area (Å²) in [5.41, 5.74) is 0. The largest absolute Gasteiger partial charge is 0.383 e. The summed E-state index contributed by atoms with van der Waals surface area (Å²) in [4.78, 5) is 0. The SMILES string of the molecule is C=C.COCC1CC2CCCC[C@@H]2N1. The van der Waals surface area contributed by atoms with Crippen molar-refractivity contribution in [1.29, 1.82) is 0 Å². The number of nitrogens with one attached hydrogen (secondary N) is 1. The summed E-state index contributed by atoms with van der Waals surface area (Å²) in [5.74, 6) is 0.957. The van der Waals surface area contributed by atoms with Crippen LogP contribution in [-0.2, 0) is 4.74 Å². The maximum atomic E-state index is 5.17. The molecular weight excluding hydrogens is 174 g/mol. The highest BCUT2D eigenvalue weighted by molar-refractivity contribution is 4.92. The molecule has 0 aromatic carbocycles.